The molecule has 240 valence electrons. The second-order valence-corrected chi connectivity index (χ2v) is 15.4. The van der Waals surface area contributed by atoms with Crippen molar-refractivity contribution in [3.8, 4) is 0 Å². The van der Waals surface area contributed by atoms with E-state index in [1.54, 1.807) is 0 Å². The molecule has 0 fully saturated rings. The fraction of sp³-hybridized carbons (Fsp3) is 0.488. The molecule has 5 aromatic carbocycles. The second-order valence-electron chi connectivity index (χ2n) is 13.1. The van der Waals surface area contributed by atoms with Gasteiger partial charge in [-0.15, -0.1) is 23.5 Å². The van der Waals surface area contributed by atoms with Crippen LogP contribution in [0.4, 0.5) is 0 Å². The van der Waals surface area contributed by atoms with Gasteiger partial charge in [-0.1, -0.05) is 159 Å². The van der Waals surface area contributed by atoms with Crippen LogP contribution >= 0.6 is 23.5 Å². The Bertz CT molecular complexity index is 1520. The average molecular weight is 637 g/mol. The highest BCUT2D eigenvalue weighted by molar-refractivity contribution is 8.00. The van der Waals surface area contributed by atoms with Gasteiger partial charge in [-0.05, 0) is 91.7 Å². The fourth-order valence-electron chi connectivity index (χ4n) is 6.83. The van der Waals surface area contributed by atoms with E-state index in [0.717, 1.165) is 0 Å². The third-order valence-electron chi connectivity index (χ3n) is 9.49. The molecule has 0 aromatic heterocycles. The first-order chi connectivity index (χ1) is 22.3. The molecule has 0 bridgehead atoms. The molecular weight excluding hydrogens is 581 g/mol. The molecule has 0 atom stereocenters. The number of unbranched alkanes of at least 4 members (excludes halogenated alkanes) is 15. The van der Waals surface area contributed by atoms with Crippen LogP contribution in [0.5, 0.6) is 0 Å². The van der Waals surface area contributed by atoms with Crippen LogP contribution in [0.25, 0.3) is 43.1 Å². The monoisotopic (exact) mass is 636 g/mol. The molecular formula is C43H56S2. The third-order valence-corrected chi connectivity index (χ3v) is 11.9. The Hall–Kier alpha value is -2.16. The van der Waals surface area contributed by atoms with E-state index in [4.69, 9.17) is 0 Å². The molecule has 0 saturated heterocycles. The summed E-state index contributed by atoms with van der Waals surface area (Å²) in [5, 5.41) is 11.2. The van der Waals surface area contributed by atoms with Crippen molar-refractivity contribution in [3.05, 3.63) is 72.8 Å². The third kappa shape index (κ3) is 9.68. The first kappa shape index (κ1) is 34.2. The normalized spacial score (nSPS) is 11.9. The minimum atomic E-state index is 1.20. The summed E-state index contributed by atoms with van der Waals surface area (Å²) >= 11 is 4.23. The Morgan fingerprint density at radius 3 is 0.911 bits per heavy atom. The van der Waals surface area contributed by atoms with Gasteiger partial charge in [0.05, 0.1) is 0 Å². The van der Waals surface area contributed by atoms with Crippen molar-refractivity contribution < 1.29 is 0 Å². The van der Waals surface area contributed by atoms with E-state index in [2.05, 4.69) is 110 Å². The molecule has 0 amide bonds. The van der Waals surface area contributed by atoms with E-state index in [-0.39, 0.29) is 0 Å². The lowest BCUT2D eigenvalue weighted by Gasteiger charge is -2.18. The minimum Gasteiger partial charge on any atom is -0.125 e. The van der Waals surface area contributed by atoms with Crippen LogP contribution in [0.15, 0.2) is 82.6 Å². The number of rotatable bonds is 21. The maximum absolute atomic E-state index is 2.50. The lowest BCUT2D eigenvalue weighted by atomic mass is 9.97. The predicted molar refractivity (Wildman–Crippen MR) is 208 cm³/mol. The van der Waals surface area contributed by atoms with Gasteiger partial charge in [-0.25, -0.2) is 0 Å². The topological polar surface area (TPSA) is 0 Å². The Morgan fingerprint density at radius 1 is 0.356 bits per heavy atom. The molecule has 2 heteroatoms. The second kappa shape index (κ2) is 18.9. The molecule has 0 unspecified atom stereocenters. The van der Waals surface area contributed by atoms with Crippen LogP contribution in [0.1, 0.15) is 123 Å². The smallest absolute Gasteiger partial charge is 0.0230 e. The maximum atomic E-state index is 2.50. The van der Waals surface area contributed by atoms with Crippen LogP contribution < -0.4 is 0 Å². The Kier molecular flexibility index (Phi) is 14.3. The largest absolute Gasteiger partial charge is 0.125 e. The molecule has 5 rings (SSSR count). The van der Waals surface area contributed by atoms with E-state index in [9.17, 15) is 0 Å². The van der Waals surface area contributed by atoms with Gasteiger partial charge in [0.1, 0.15) is 0 Å². The molecule has 0 aliphatic carbocycles. The number of hydrogen-bond acceptors (Lipinski definition) is 2. The molecule has 0 aliphatic rings. The van der Waals surface area contributed by atoms with Crippen LogP contribution in [0, 0.1) is 0 Å². The Morgan fingerprint density at radius 2 is 0.622 bits per heavy atom. The standard InChI is InChI=1S/C43H56S2/c1-3-5-7-9-11-13-15-17-23-29-45-43-40-32-36-26-20-18-24-34(36)30-38(40)42(44-28-22-16-14-12-10-8-6-4-2)39-31-35-25-19-21-27-37(35)33-41(39)43/h18-21,24-27,30-33H,3-17,22-23,28-29H2,1-2H3. The summed E-state index contributed by atoms with van der Waals surface area (Å²) in [5.74, 6) is 2.40. The van der Waals surface area contributed by atoms with Gasteiger partial charge in [0.15, 0.2) is 0 Å². The van der Waals surface area contributed by atoms with Crippen molar-refractivity contribution in [1.29, 1.82) is 0 Å². The van der Waals surface area contributed by atoms with E-state index >= 15 is 0 Å². The molecule has 0 spiro atoms. The van der Waals surface area contributed by atoms with E-state index in [1.165, 1.54) is 174 Å². The average Bonchev–Trinajstić information content (AvgIpc) is 3.07. The summed E-state index contributed by atoms with van der Waals surface area (Å²) in [6, 6.07) is 27.9. The molecule has 0 aliphatic heterocycles. The van der Waals surface area contributed by atoms with E-state index < -0.39 is 0 Å². The van der Waals surface area contributed by atoms with Gasteiger partial charge < -0.3 is 0 Å². The highest BCUT2D eigenvalue weighted by Gasteiger charge is 2.17. The molecule has 45 heavy (non-hydrogen) atoms. The van der Waals surface area contributed by atoms with Crippen LogP contribution in [-0.4, -0.2) is 11.5 Å². The van der Waals surface area contributed by atoms with Crippen molar-refractivity contribution in [2.45, 2.75) is 133 Å². The molecule has 0 nitrogen and oxygen atoms in total. The van der Waals surface area contributed by atoms with Gasteiger partial charge in [0.2, 0.25) is 0 Å². The summed E-state index contributed by atoms with van der Waals surface area (Å²) in [5.41, 5.74) is 0. The van der Waals surface area contributed by atoms with Crippen LogP contribution in [-0.2, 0) is 0 Å². The Labute approximate surface area is 282 Å². The number of benzene rings is 5. The minimum absolute atomic E-state index is 1.20. The fourth-order valence-corrected chi connectivity index (χ4v) is 9.23. The van der Waals surface area contributed by atoms with Crippen molar-refractivity contribution in [3.63, 3.8) is 0 Å². The summed E-state index contributed by atoms with van der Waals surface area (Å²) in [7, 11) is 0. The molecule has 0 heterocycles. The maximum Gasteiger partial charge on any atom is 0.0230 e. The lowest BCUT2D eigenvalue weighted by molar-refractivity contribution is 0.573. The van der Waals surface area contributed by atoms with Crippen molar-refractivity contribution in [1.82, 2.24) is 0 Å². The van der Waals surface area contributed by atoms with Gasteiger partial charge in [0.25, 0.3) is 0 Å². The SMILES string of the molecule is CCCCCCCCCCCSc1c2cc3ccccc3cc2c(SCCCCCCCCCC)c2cc3ccccc3cc12. The van der Waals surface area contributed by atoms with Gasteiger partial charge >= 0.3 is 0 Å². The summed E-state index contributed by atoms with van der Waals surface area (Å²) in [6.07, 6.45) is 23.4. The highest BCUT2D eigenvalue weighted by atomic mass is 32.2. The predicted octanol–water partition coefficient (Wildman–Crippen LogP) is 15.2. The zero-order valence-corrected chi connectivity index (χ0v) is 29.8. The quantitative estimate of drug-likeness (QED) is 0.0446. The molecule has 5 aromatic rings. The van der Waals surface area contributed by atoms with Crippen LogP contribution in [0.3, 0.4) is 0 Å². The summed E-state index contributed by atoms with van der Waals surface area (Å²) in [4.78, 5) is 2.99. The zero-order chi connectivity index (χ0) is 31.1. The van der Waals surface area contributed by atoms with Gasteiger partial charge in [-0.3, -0.25) is 0 Å². The zero-order valence-electron chi connectivity index (χ0n) is 28.2. The van der Waals surface area contributed by atoms with E-state index in [0.29, 0.717) is 0 Å². The van der Waals surface area contributed by atoms with Gasteiger partial charge in [0, 0.05) is 9.79 Å². The van der Waals surface area contributed by atoms with Crippen molar-refractivity contribution in [2.24, 2.45) is 0 Å². The van der Waals surface area contributed by atoms with Crippen molar-refractivity contribution >= 4 is 66.6 Å². The highest BCUT2D eigenvalue weighted by Crippen LogP contribution is 2.45. The number of fused-ring (bicyclic) bond motifs is 4. The van der Waals surface area contributed by atoms with E-state index in [1.807, 2.05) is 0 Å². The summed E-state index contributed by atoms with van der Waals surface area (Å²) in [6.45, 7) is 4.61. The summed E-state index contributed by atoms with van der Waals surface area (Å²) < 4.78 is 0. The first-order valence-corrected chi connectivity index (χ1v) is 20.3. The first-order valence-electron chi connectivity index (χ1n) is 18.4. The van der Waals surface area contributed by atoms with Crippen molar-refractivity contribution in [2.75, 3.05) is 11.5 Å². The molecule has 0 N–H and O–H groups in total. The van der Waals surface area contributed by atoms with Gasteiger partial charge in [-0.2, -0.15) is 0 Å². The Balaban J connectivity index is 1.39. The van der Waals surface area contributed by atoms with Crippen LogP contribution in [0.2, 0.25) is 0 Å². The number of thioether (sulfide) groups is 2. The molecule has 0 radical (unpaired) electrons. The number of hydrogen-bond donors (Lipinski definition) is 0. The lowest BCUT2D eigenvalue weighted by Crippen LogP contribution is -1.92. The molecule has 0 saturated carbocycles.